The number of anilines is 1. The van der Waals surface area contributed by atoms with Gasteiger partial charge in [-0.15, -0.1) is 0 Å². The Kier molecular flexibility index (Phi) is 12.2. The van der Waals surface area contributed by atoms with Crippen molar-refractivity contribution >= 4 is 39.1 Å². The Labute approximate surface area is 254 Å². The molecule has 0 saturated carbocycles. The number of nitrogens with zero attached hydrogens (tertiary/aromatic N) is 2. The van der Waals surface area contributed by atoms with E-state index in [0.717, 1.165) is 28.3 Å². The maximum Gasteiger partial charge on any atom is 0.264 e. The van der Waals surface area contributed by atoms with Crippen molar-refractivity contribution in [3.8, 4) is 5.75 Å². The van der Waals surface area contributed by atoms with Crippen molar-refractivity contribution < 1.29 is 22.7 Å². The van der Waals surface area contributed by atoms with Crippen LogP contribution < -0.4 is 14.4 Å². The third-order valence-electron chi connectivity index (χ3n) is 6.81. The summed E-state index contributed by atoms with van der Waals surface area (Å²) in [6.07, 6.45) is 2.10. The number of carbonyl (C=O) groups excluding carboxylic acids is 2. The molecule has 0 fully saturated rings. The summed E-state index contributed by atoms with van der Waals surface area (Å²) in [5.41, 5.74) is 2.19. The first-order valence-electron chi connectivity index (χ1n) is 14.2. The van der Waals surface area contributed by atoms with Crippen LogP contribution in [0.15, 0.2) is 77.7 Å². The maximum absolute atomic E-state index is 14.1. The minimum absolute atomic E-state index is 0.0111. The Morgan fingerprint density at radius 2 is 1.57 bits per heavy atom. The van der Waals surface area contributed by atoms with Crippen molar-refractivity contribution in [3.05, 3.63) is 88.9 Å². The number of hydrogen-bond donors (Lipinski definition) is 1. The maximum atomic E-state index is 14.1. The van der Waals surface area contributed by atoms with Gasteiger partial charge in [-0.25, -0.2) is 8.42 Å². The van der Waals surface area contributed by atoms with Crippen LogP contribution in [-0.2, 0) is 26.2 Å². The van der Waals surface area contributed by atoms with Crippen LogP contribution in [0.25, 0.3) is 0 Å². The Balaban J connectivity index is 2.03. The van der Waals surface area contributed by atoms with Gasteiger partial charge in [0.2, 0.25) is 11.8 Å². The zero-order chi connectivity index (χ0) is 30.7. The summed E-state index contributed by atoms with van der Waals surface area (Å²) >= 11 is 6.02. The fraction of sp³-hybridized carbons (Fsp3) is 0.375. The number of ether oxygens (including phenoxy) is 1. The molecule has 3 aromatic rings. The summed E-state index contributed by atoms with van der Waals surface area (Å²) < 4.78 is 34.5. The zero-order valence-electron chi connectivity index (χ0n) is 24.7. The topological polar surface area (TPSA) is 96.0 Å². The average Bonchev–Trinajstić information content (AvgIpc) is 2.97. The lowest BCUT2D eigenvalue weighted by Crippen LogP contribution is -2.52. The number of carbonyl (C=O) groups is 2. The third-order valence-corrected chi connectivity index (χ3v) is 8.85. The fourth-order valence-corrected chi connectivity index (χ4v) is 5.99. The van der Waals surface area contributed by atoms with E-state index >= 15 is 0 Å². The normalized spacial score (nSPS) is 11.9. The monoisotopic (exact) mass is 613 g/mol. The fourth-order valence-electron chi connectivity index (χ4n) is 4.45. The highest BCUT2D eigenvalue weighted by Crippen LogP contribution is 2.27. The molecule has 0 bridgehead atoms. The van der Waals surface area contributed by atoms with Gasteiger partial charge in [-0.3, -0.25) is 13.9 Å². The SMILES string of the molecule is CCCCNC(=O)C(CC)N(Cc1ccc(C)cc1)C(=O)CN(c1ccc(OCC)cc1)S(=O)(=O)c1ccc(Cl)cc1. The number of benzene rings is 3. The number of aryl methyl sites for hydroxylation is 1. The van der Waals surface area contributed by atoms with Crippen molar-refractivity contribution in [3.63, 3.8) is 0 Å². The second-order valence-corrected chi connectivity index (χ2v) is 12.3. The van der Waals surface area contributed by atoms with E-state index in [4.69, 9.17) is 16.3 Å². The molecule has 0 aliphatic carbocycles. The van der Waals surface area contributed by atoms with Gasteiger partial charge in [0, 0.05) is 18.1 Å². The largest absolute Gasteiger partial charge is 0.494 e. The number of rotatable bonds is 15. The van der Waals surface area contributed by atoms with E-state index < -0.39 is 28.5 Å². The lowest BCUT2D eigenvalue weighted by Gasteiger charge is -2.33. The van der Waals surface area contributed by atoms with Gasteiger partial charge in [0.05, 0.1) is 17.2 Å². The molecule has 3 rings (SSSR count). The van der Waals surface area contributed by atoms with Crippen LogP contribution in [0.4, 0.5) is 5.69 Å². The quantitative estimate of drug-likeness (QED) is 0.213. The summed E-state index contributed by atoms with van der Waals surface area (Å²) in [7, 11) is -4.19. The van der Waals surface area contributed by atoms with Gasteiger partial charge in [0.15, 0.2) is 0 Å². The summed E-state index contributed by atoms with van der Waals surface area (Å²) in [5.74, 6) is -0.189. The van der Waals surface area contributed by atoms with Gasteiger partial charge in [-0.1, -0.05) is 61.7 Å². The molecule has 3 aromatic carbocycles. The molecular formula is C32H40ClN3O5S. The highest BCUT2D eigenvalue weighted by atomic mass is 35.5. The van der Waals surface area contributed by atoms with E-state index in [2.05, 4.69) is 5.32 Å². The molecule has 0 heterocycles. The number of hydrogen-bond acceptors (Lipinski definition) is 5. The molecule has 0 spiro atoms. The summed E-state index contributed by atoms with van der Waals surface area (Å²) in [6.45, 7) is 8.30. The van der Waals surface area contributed by atoms with Gasteiger partial charge in [-0.2, -0.15) is 0 Å². The van der Waals surface area contributed by atoms with Crippen molar-refractivity contribution in [1.29, 1.82) is 0 Å². The lowest BCUT2D eigenvalue weighted by molar-refractivity contribution is -0.140. The van der Waals surface area contributed by atoms with Crippen LogP contribution in [0, 0.1) is 6.92 Å². The van der Waals surface area contributed by atoms with Crippen molar-refractivity contribution in [2.75, 3.05) is 24.0 Å². The van der Waals surface area contributed by atoms with Crippen LogP contribution in [0.5, 0.6) is 5.75 Å². The van der Waals surface area contributed by atoms with Gasteiger partial charge >= 0.3 is 0 Å². The van der Waals surface area contributed by atoms with E-state index in [1.54, 1.807) is 24.3 Å². The van der Waals surface area contributed by atoms with Crippen LogP contribution >= 0.6 is 11.6 Å². The molecule has 1 atom stereocenters. The summed E-state index contributed by atoms with van der Waals surface area (Å²) in [4.78, 5) is 28.9. The van der Waals surface area contributed by atoms with E-state index in [1.165, 1.54) is 29.2 Å². The predicted molar refractivity (Wildman–Crippen MR) is 167 cm³/mol. The molecule has 8 nitrogen and oxygen atoms in total. The number of nitrogens with one attached hydrogen (secondary N) is 1. The molecule has 1 unspecified atom stereocenters. The molecule has 42 heavy (non-hydrogen) atoms. The summed E-state index contributed by atoms with van der Waals surface area (Å²) in [5, 5.41) is 3.33. The standard InChI is InChI=1S/C32H40ClN3O5S/c1-5-8-21-34-32(38)30(6-2)35(22-25-11-9-24(4)10-12-25)31(37)23-36(27-15-17-28(18-16-27)41-7-3)42(39,40)29-19-13-26(33)14-20-29/h9-20,30H,5-8,21-23H2,1-4H3,(H,34,38). The first kappa shape index (κ1) is 32.9. The molecule has 226 valence electrons. The van der Waals surface area contributed by atoms with E-state index in [-0.39, 0.29) is 23.0 Å². The Bertz CT molecular complexity index is 1410. The van der Waals surface area contributed by atoms with Crippen LogP contribution in [-0.4, -0.2) is 50.9 Å². The van der Waals surface area contributed by atoms with Crippen molar-refractivity contribution in [2.24, 2.45) is 0 Å². The Morgan fingerprint density at radius 3 is 2.14 bits per heavy atom. The second kappa shape index (κ2) is 15.6. The van der Waals surface area contributed by atoms with Crippen LogP contribution in [0.2, 0.25) is 5.02 Å². The Hall–Kier alpha value is -3.56. The number of unbranched alkanes of at least 4 members (excludes halogenated alkanes) is 1. The number of amides is 2. The van der Waals surface area contributed by atoms with Crippen LogP contribution in [0.3, 0.4) is 0 Å². The minimum Gasteiger partial charge on any atom is -0.494 e. The molecule has 0 radical (unpaired) electrons. The van der Waals surface area contributed by atoms with E-state index in [9.17, 15) is 18.0 Å². The molecule has 10 heteroatoms. The highest BCUT2D eigenvalue weighted by molar-refractivity contribution is 7.92. The molecule has 0 aliphatic rings. The predicted octanol–water partition coefficient (Wildman–Crippen LogP) is 5.97. The smallest absolute Gasteiger partial charge is 0.264 e. The molecule has 0 aliphatic heterocycles. The molecule has 2 amide bonds. The van der Waals surface area contributed by atoms with Gasteiger partial charge in [0.1, 0.15) is 18.3 Å². The highest BCUT2D eigenvalue weighted by Gasteiger charge is 2.33. The number of halogens is 1. The zero-order valence-corrected chi connectivity index (χ0v) is 26.2. The summed E-state index contributed by atoms with van der Waals surface area (Å²) in [6, 6.07) is 19.2. The first-order chi connectivity index (χ1) is 20.1. The second-order valence-electron chi connectivity index (χ2n) is 9.97. The molecule has 0 saturated heterocycles. The van der Waals surface area contributed by atoms with Gasteiger partial charge < -0.3 is 15.0 Å². The average molecular weight is 614 g/mol. The minimum atomic E-state index is -4.19. The van der Waals surface area contributed by atoms with E-state index in [0.29, 0.717) is 30.3 Å². The Morgan fingerprint density at radius 1 is 0.929 bits per heavy atom. The molecule has 1 N–H and O–H groups in total. The molecule has 0 aromatic heterocycles. The van der Waals surface area contributed by atoms with Crippen LogP contribution in [0.1, 0.15) is 51.2 Å². The number of sulfonamides is 1. The van der Waals surface area contributed by atoms with Gasteiger partial charge in [-0.05, 0) is 80.8 Å². The first-order valence-corrected chi connectivity index (χ1v) is 16.1. The molecular weight excluding hydrogens is 574 g/mol. The van der Waals surface area contributed by atoms with Gasteiger partial charge in [0.25, 0.3) is 10.0 Å². The van der Waals surface area contributed by atoms with E-state index in [1.807, 2.05) is 52.0 Å². The third kappa shape index (κ3) is 8.72. The van der Waals surface area contributed by atoms with Crippen molar-refractivity contribution in [1.82, 2.24) is 10.2 Å². The van der Waals surface area contributed by atoms with Crippen molar-refractivity contribution in [2.45, 2.75) is 64.4 Å². The lowest BCUT2D eigenvalue weighted by atomic mass is 10.1.